The number of fused-ring (bicyclic) bond motifs is 1. The summed E-state index contributed by atoms with van der Waals surface area (Å²) in [6.07, 6.45) is 2.60. The minimum atomic E-state index is -0.266. The molecule has 1 heterocycles. The van der Waals surface area contributed by atoms with Gasteiger partial charge in [0.1, 0.15) is 0 Å². The molecule has 2 aromatic rings. The molecule has 1 aliphatic rings. The molecule has 2 heteroatoms. The quantitative estimate of drug-likeness (QED) is 0.791. The molecule has 3 rings (SSSR count). The molecule has 0 unspecified atom stereocenters. The van der Waals surface area contributed by atoms with Gasteiger partial charge in [-0.3, -0.25) is 0 Å². The second-order valence-corrected chi connectivity index (χ2v) is 5.46. The lowest BCUT2D eigenvalue weighted by Gasteiger charge is -2.20. The van der Waals surface area contributed by atoms with Crippen LogP contribution in [0.3, 0.4) is 0 Å². The first kappa shape index (κ1) is 9.91. The third kappa shape index (κ3) is 1.45. The smallest absolute Gasteiger partial charge is 0.0459 e. The summed E-state index contributed by atoms with van der Waals surface area (Å²) >= 11 is 0. The third-order valence-corrected chi connectivity index (χ3v) is 3.37. The van der Waals surface area contributed by atoms with Gasteiger partial charge in [0.2, 0.25) is 0 Å². The molecule has 2 nitrogen and oxygen atoms in total. The van der Waals surface area contributed by atoms with Gasteiger partial charge in [0.05, 0.1) is 0 Å². The summed E-state index contributed by atoms with van der Waals surface area (Å²) in [4.78, 5) is 3.55. The monoisotopic (exact) mass is 214 g/mol. The lowest BCUT2D eigenvalue weighted by atomic mass is 9.91. The van der Waals surface area contributed by atoms with E-state index in [2.05, 4.69) is 43.1 Å². The fourth-order valence-electron chi connectivity index (χ4n) is 2.54. The molecule has 0 aliphatic heterocycles. The first-order valence-electron chi connectivity index (χ1n) is 5.97. The van der Waals surface area contributed by atoms with E-state index < -0.39 is 0 Å². The van der Waals surface area contributed by atoms with Crippen LogP contribution in [0.5, 0.6) is 0 Å². The van der Waals surface area contributed by atoms with E-state index in [9.17, 15) is 0 Å². The van der Waals surface area contributed by atoms with Gasteiger partial charge in [-0.1, -0.05) is 18.2 Å². The third-order valence-electron chi connectivity index (χ3n) is 3.37. The molecule has 0 bridgehead atoms. The molecule has 1 saturated carbocycles. The van der Waals surface area contributed by atoms with E-state index in [1.54, 1.807) is 0 Å². The van der Waals surface area contributed by atoms with Gasteiger partial charge in [0.15, 0.2) is 0 Å². The number of aromatic nitrogens is 1. The molecular formula is C14H18N2. The van der Waals surface area contributed by atoms with E-state index in [1.165, 1.54) is 35.0 Å². The first-order valence-corrected chi connectivity index (χ1v) is 5.97. The molecule has 0 amide bonds. The van der Waals surface area contributed by atoms with Crippen molar-refractivity contribution in [2.24, 2.45) is 5.73 Å². The Labute approximate surface area is 95.8 Å². The molecule has 0 spiro atoms. The van der Waals surface area contributed by atoms with Crippen molar-refractivity contribution in [3.05, 3.63) is 35.5 Å². The summed E-state index contributed by atoms with van der Waals surface area (Å²) in [7, 11) is 0. The Morgan fingerprint density at radius 3 is 2.56 bits per heavy atom. The van der Waals surface area contributed by atoms with Crippen LogP contribution >= 0.6 is 0 Å². The van der Waals surface area contributed by atoms with Gasteiger partial charge < -0.3 is 10.7 Å². The summed E-state index contributed by atoms with van der Waals surface area (Å²) in [5.41, 5.74) is 9.95. The van der Waals surface area contributed by atoms with Crippen LogP contribution in [0.1, 0.15) is 43.9 Å². The number of hydrogen-bond acceptors (Lipinski definition) is 1. The molecule has 0 atom stereocenters. The van der Waals surface area contributed by atoms with Gasteiger partial charge in [-0.25, -0.2) is 0 Å². The molecule has 1 fully saturated rings. The molecule has 16 heavy (non-hydrogen) atoms. The van der Waals surface area contributed by atoms with E-state index in [0.717, 1.165) is 0 Å². The van der Waals surface area contributed by atoms with Gasteiger partial charge in [-0.05, 0) is 38.7 Å². The van der Waals surface area contributed by atoms with Crippen molar-refractivity contribution in [2.75, 3.05) is 0 Å². The average Bonchev–Trinajstić information content (AvgIpc) is 2.96. The van der Waals surface area contributed by atoms with E-state index >= 15 is 0 Å². The van der Waals surface area contributed by atoms with Gasteiger partial charge in [-0.2, -0.15) is 0 Å². The highest BCUT2D eigenvalue weighted by Gasteiger charge is 2.33. The minimum Gasteiger partial charge on any atom is -0.358 e. The fourth-order valence-corrected chi connectivity index (χ4v) is 2.54. The Morgan fingerprint density at radius 2 is 1.94 bits per heavy atom. The van der Waals surface area contributed by atoms with Crippen molar-refractivity contribution in [3.63, 3.8) is 0 Å². The molecule has 84 valence electrons. The second-order valence-electron chi connectivity index (χ2n) is 5.46. The zero-order chi connectivity index (χ0) is 11.3. The maximum absolute atomic E-state index is 6.31. The lowest BCUT2D eigenvalue weighted by Crippen LogP contribution is -2.29. The molecule has 1 aliphatic carbocycles. The SMILES string of the molecule is CC(C)(N)c1c(C2CC2)[nH]c2ccccc12. The molecule has 0 radical (unpaired) electrons. The number of hydrogen-bond donors (Lipinski definition) is 2. The molecule has 3 N–H and O–H groups in total. The minimum absolute atomic E-state index is 0.266. The number of nitrogens with two attached hydrogens (primary N) is 1. The zero-order valence-electron chi connectivity index (χ0n) is 9.88. The highest BCUT2D eigenvalue weighted by atomic mass is 14.8. The lowest BCUT2D eigenvalue weighted by molar-refractivity contribution is 0.552. The van der Waals surface area contributed by atoms with Crippen molar-refractivity contribution >= 4 is 10.9 Å². The standard InChI is InChI=1S/C14H18N2/c1-14(2,15)12-10-5-3-4-6-11(10)16-13(12)9-7-8-9/h3-6,9,16H,7-8,15H2,1-2H3. The van der Waals surface area contributed by atoms with Crippen LogP contribution in [0.2, 0.25) is 0 Å². The number of H-pyrrole nitrogens is 1. The van der Waals surface area contributed by atoms with Crippen LogP contribution in [0, 0.1) is 0 Å². The number of nitrogens with one attached hydrogen (secondary N) is 1. The Hall–Kier alpha value is -1.28. The predicted octanol–water partition coefficient (Wildman–Crippen LogP) is 3.24. The van der Waals surface area contributed by atoms with Gasteiger partial charge in [0.25, 0.3) is 0 Å². The molecule has 1 aromatic heterocycles. The Kier molecular flexibility index (Phi) is 1.93. The Balaban J connectivity index is 2.31. The number of benzene rings is 1. The molecule has 0 saturated heterocycles. The summed E-state index contributed by atoms with van der Waals surface area (Å²) in [5, 5.41) is 1.29. The maximum Gasteiger partial charge on any atom is 0.0459 e. The van der Waals surface area contributed by atoms with E-state index in [1.807, 2.05) is 0 Å². The van der Waals surface area contributed by atoms with Crippen molar-refractivity contribution < 1.29 is 0 Å². The van der Waals surface area contributed by atoms with Crippen LogP contribution < -0.4 is 5.73 Å². The van der Waals surface area contributed by atoms with Gasteiger partial charge in [-0.15, -0.1) is 0 Å². The number of para-hydroxylation sites is 1. The van der Waals surface area contributed by atoms with Crippen LogP contribution in [0.4, 0.5) is 0 Å². The predicted molar refractivity (Wildman–Crippen MR) is 67.5 cm³/mol. The second kappa shape index (κ2) is 3.11. The zero-order valence-corrected chi connectivity index (χ0v) is 9.88. The largest absolute Gasteiger partial charge is 0.358 e. The highest BCUT2D eigenvalue weighted by Crippen LogP contribution is 2.45. The maximum atomic E-state index is 6.31. The van der Waals surface area contributed by atoms with Crippen LogP contribution in [-0.4, -0.2) is 4.98 Å². The van der Waals surface area contributed by atoms with Gasteiger partial charge >= 0.3 is 0 Å². The van der Waals surface area contributed by atoms with E-state index in [0.29, 0.717) is 5.92 Å². The Morgan fingerprint density at radius 1 is 1.25 bits per heavy atom. The van der Waals surface area contributed by atoms with Gasteiger partial charge in [0, 0.05) is 27.7 Å². The van der Waals surface area contributed by atoms with Crippen molar-refractivity contribution in [2.45, 2.75) is 38.1 Å². The van der Waals surface area contributed by atoms with E-state index in [-0.39, 0.29) is 5.54 Å². The summed E-state index contributed by atoms with van der Waals surface area (Å²) < 4.78 is 0. The van der Waals surface area contributed by atoms with Crippen molar-refractivity contribution in [1.29, 1.82) is 0 Å². The van der Waals surface area contributed by atoms with Crippen LogP contribution in [0.15, 0.2) is 24.3 Å². The fraction of sp³-hybridized carbons (Fsp3) is 0.429. The number of aromatic amines is 1. The topological polar surface area (TPSA) is 41.8 Å². The normalized spacial score (nSPS) is 16.9. The van der Waals surface area contributed by atoms with Crippen molar-refractivity contribution in [3.8, 4) is 0 Å². The van der Waals surface area contributed by atoms with E-state index in [4.69, 9.17) is 5.73 Å². The highest BCUT2D eigenvalue weighted by molar-refractivity contribution is 5.86. The number of rotatable bonds is 2. The molecular weight excluding hydrogens is 196 g/mol. The van der Waals surface area contributed by atoms with Crippen LogP contribution in [-0.2, 0) is 5.54 Å². The summed E-state index contributed by atoms with van der Waals surface area (Å²) in [5.74, 6) is 0.713. The Bertz CT molecular complexity index is 527. The molecule has 1 aromatic carbocycles. The van der Waals surface area contributed by atoms with Crippen molar-refractivity contribution in [1.82, 2.24) is 4.98 Å². The first-order chi connectivity index (χ1) is 7.57. The summed E-state index contributed by atoms with van der Waals surface area (Å²) in [6, 6.07) is 8.46. The average molecular weight is 214 g/mol. The summed E-state index contributed by atoms with van der Waals surface area (Å²) in [6.45, 7) is 4.18. The van der Waals surface area contributed by atoms with Crippen LogP contribution in [0.25, 0.3) is 10.9 Å².